The predicted molar refractivity (Wildman–Crippen MR) is 144 cm³/mol. The van der Waals surface area contributed by atoms with Crippen molar-refractivity contribution in [3.63, 3.8) is 0 Å². The topological polar surface area (TPSA) is 154 Å². The number of benzene rings is 2. The number of carbonyl (C=O) groups is 2. The summed E-state index contributed by atoms with van der Waals surface area (Å²) in [6, 6.07) is 16.6. The minimum Gasteiger partial charge on any atom is -0.507 e. The van der Waals surface area contributed by atoms with Gasteiger partial charge < -0.3 is 25.9 Å². The number of aromatic hydroxyl groups is 1. The molecule has 0 radical (unpaired) electrons. The Balaban J connectivity index is 1.78. The maximum atomic E-state index is 13.7. The molecule has 0 aliphatic rings. The minimum absolute atomic E-state index is 0.00302. The van der Waals surface area contributed by atoms with Gasteiger partial charge in [0.05, 0.1) is 12.0 Å². The maximum absolute atomic E-state index is 13.7. The first-order chi connectivity index (χ1) is 18.8. The van der Waals surface area contributed by atoms with Crippen LogP contribution in [0.1, 0.15) is 42.3 Å². The van der Waals surface area contributed by atoms with Crippen molar-refractivity contribution in [3.05, 3.63) is 84.1 Å². The number of carbonyl (C=O) groups excluding carboxylic acids is 2. The molecule has 0 saturated carbocycles. The minimum atomic E-state index is -0.640. The quantitative estimate of drug-likeness (QED) is 0.226. The molecule has 0 saturated heterocycles. The molecule has 39 heavy (non-hydrogen) atoms. The molecule has 10 heteroatoms. The van der Waals surface area contributed by atoms with Crippen LogP contribution in [0.2, 0.25) is 0 Å². The van der Waals surface area contributed by atoms with Crippen LogP contribution >= 0.6 is 0 Å². The summed E-state index contributed by atoms with van der Waals surface area (Å²) >= 11 is 0. The van der Waals surface area contributed by atoms with E-state index in [1.807, 2.05) is 6.92 Å². The normalized spacial score (nSPS) is 11.4. The Kier molecular flexibility index (Phi) is 8.33. The van der Waals surface area contributed by atoms with Crippen molar-refractivity contribution in [2.75, 3.05) is 10.6 Å². The lowest BCUT2D eigenvalue weighted by Crippen LogP contribution is -2.26. The third kappa shape index (κ3) is 6.47. The number of phenols is 1. The fourth-order valence-corrected chi connectivity index (χ4v) is 4.10. The van der Waals surface area contributed by atoms with Crippen LogP contribution in [-0.4, -0.2) is 27.9 Å². The van der Waals surface area contributed by atoms with Crippen molar-refractivity contribution in [1.82, 2.24) is 4.98 Å². The number of phenolic OH excluding ortho intramolecular Hbond substituents is 1. The highest BCUT2D eigenvalue weighted by atomic mass is 19.1. The molecule has 1 atom stereocenters. The van der Waals surface area contributed by atoms with Crippen molar-refractivity contribution in [2.24, 2.45) is 5.73 Å². The molecule has 0 aliphatic carbocycles. The number of halogens is 1. The van der Waals surface area contributed by atoms with E-state index in [0.29, 0.717) is 16.8 Å². The molecule has 0 spiro atoms. The summed E-state index contributed by atoms with van der Waals surface area (Å²) in [5, 5.41) is 25.9. The fraction of sp³-hybridized carbons (Fsp3) is 0.172. The zero-order valence-corrected chi connectivity index (χ0v) is 21.1. The van der Waals surface area contributed by atoms with E-state index in [-0.39, 0.29) is 52.5 Å². The van der Waals surface area contributed by atoms with Crippen LogP contribution in [0.25, 0.3) is 22.4 Å². The highest BCUT2D eigenvalue weighted by Gasteiger charge is 2.20. The van der Waals surface area contributed by atoms with Crippen molar-refractivity contribution in [3.8, 4) is 34.2 Å². The van der Waals surface area contributed by atoms with Gasteiger partial charge in [0.2, 0.25) is 5.91 Å². The third-order valence-electron chi connectivity index (χ3n) is 5.91. The second kappa shape index (κ2) is 12.0. The summed E-state index contributed by atoms with van der Waals surface area (Å²) < 4.78 is 18.8. The average Bonchev–Trinajstić information content (AvgIpc) is 3.44. The molecule has 5 N–H and O–H groups in total. The predicted octanol–water partition coefficient (Wildman–Crippen LogP) is 5.43. The largest absolute Gasteiger partial charge is 0.507 e. The highest BCUT2D eigenvalue weighted by Crippen LogP contribution is 2.36. The first-order valence-corrected chi connectivity index (χ1v) is 12.2. The standard InChI is InChI=1S/C29H26FN5O4/c1-2-5-19(32)14-27(37)33-20-7-3-6-17(12-20)22-15-24(21-10-9-18(30)13-25(21)36)34-28(23(22)16-31)35-29(38)26-8-4-11-39-26/h3-4,6-13,15,19,36H,2,5,14,32H2,1H3,(H,33,37)(H,34,35,38). The van der Waals surface area contributed by atoms with Crippen LogP contribution in [0.3, 0.4) is 0 Å². The summed E-state index contributed by atoms with van der Waals surface area (Å²) in [6.07, 6.45) is 3.09. The molecule has 4 rings (SSSR count). The number of nitrogens with two attached hydrogens (primary N) is 1. The number of furan rings is 1. The van der Waals surface area contributed by atoms with E-state index in [1.165, 1.54) is 18.4 Å². The lowest BCUT2D eigenvalue weighted by Gasteiger charge is -2.15. The van der Waals surface area contributed by atoms with Crippen molar-refractivity contribution in [2.45, 2.75) is 32.2 Å². The molecular formula is C29H26FN5O4. The summed E-state index contributed by atoms with van der Waals surface area (Å²) in [4.78, 5) is 29.6. The van der Waals surface area contributed by atoms with Gasteiger partial charge in [-0.25, -0.2) is 9.37 Å². The van der Waals surface area contributed by atoms with Gasteiger partial charge in [0, 0.05) is 35.3 Å². The number of nitrogens with zero attached hydrogens (tertiary/aromatic N) is 2. The molecule has 0 fully saturated rings. The van der Waals surface area contributed by atoms with E-state index in [2.05, 4.69) is 21.7 Å². The number of hydrogen-bond acceptors (Lipinski definition) is 7. The first-order valence-electron chi connectivity index (χ1n) is 12.2. The van der Waals surface area contributed by atoms with E-state index >= 15 is 0 Å². The van der Waals surface area contributed by atoms with Gasteiger partial charge in [-0.1, -0.05) is 25.5 Å². The van der Waals surface area contributed by atoms with Gasteiger partial charge in [-0.05, 0) is 54.4 Å². The Labute approximate surface area is 224 Å². The summed E-state index contributed by atoms with van der Waals surface area (Å²) in [5.41, 5.74) is 7.76. The summed E-state index contributed by atoms with van der Waals surface area (Å²) in [6.45, 7) is 1.99. The number of amides is 2. The SMILES string of the molecule is CCCC(N)CC(=O)Nc1cccc(-c2cc(-c3ccc(F)cc3O)nc(NC(=O)c3ccco3)c2C#N)c1. The lowest BCUT2D eigenvalue weighted by atomic mass is 9.97. The van der Waals surface area contributed by atoms with E-state index < -0.39 is 11.7 Å². The number of pyridine rings is 1. The van der Waals surface area contributed by atoms with Gasteiger partial charge in [-0.2, -0.15) is 5.26 Å². The van der Waals surface area contributed by atoms with Crippen LogP contribution < -0.4 is 16.4 Å². The average molecular weight is 528 g/mol. The smallest absolute Gasteiger partial charge is 0.292 e. The Morgan fingerprint density at radius 2 is 1.95 bits per heavy atom. The number of aromatic nitrogens is 1. The van der Waals surface area contributed by atoms with Gasteiger partial charge >= 0.3 is 0 Å². The summed E-state index contributed by atoms with van der Waals surface area (Å²) in [5.74, 6) is -1.98. The Hall–Kier alpha value is -5.01. The third-order valence-corrected chi connectivity index (χ3v) is 5.91. The molecule has 9 nitrogen and oxygen atoms in total. The second-order valence-electron chi connectivity index (χ2n) is 8.87. The lowest BCUT2D eigenvalue weighted by molar-refractivity contribution is -0.116. The van der Waals surface area contributed by atoms with E-state index in [9.17, 15) is 24.3 Å². The molecule has 4 aromatic rings. The first kappa shape index (κ1) is 27.0. The van der Waals surface area contributed by atoms with Gasteiger partial charge in [-0.15, -0.1) is 0 Å². The van der Waals surface area contributed by atoms with Gasteiger partial charge in [-0.3, -0.25) is 9.59 Å². The molecule has 198 valence electrons. The molecule has 2 aromatic heterocycles. The van der Waals surface area contributed by atoms with Crippen LogP contribution in [0.5, 0.6) is 5.75 Å². The fourth-order valence-electron chi connectivity index (χ4n) is 4.10. The highest BCUT2D eigenvalue weighted by molar-refractivity contribution is 6.03. The van der Waals surface area contributed by atoms with E-state index in [0.717, 1.165) is 25.0 Å². The van der Waals surface area contributed by atoms with Gasteiger partial charge in [0.1, 0.15) is 23.2 Å². The van der Waals surface area contributed by atoms with E-state index in [1.54, 1.807) is 36.4 Å². The summed E-state index contributed by atoms with van der Waals surface area (Å²) in [7, 11) is 0. The zero-order chi connectivity index (χ0) is 27.9. The Morgan fingerprint density at radius 3 is 2.64 bits per heavy atom. The zero-order valence-electron chi connectivity index (χ0n) is 21.1. The molecule has 0 aliphatic heterocycles. The molecular weight excluding hydrogens is 501 g/mol. The van der Waals surface area contributed by atoms with E-state index in [4.69, 9.17) is 10.2 Å². The monoisotopic (exact) mass is 527 g/mol. The second-order valence-corrected chi connectivity index (χ2v) is 8.87. The van der Waals surface area contributed by atoms with Crippen LogP contribution in [-0.2, 0) is 4.79 Å². The molecule has 2 heterocycles. The van der Waals surface area contributed by atoms with Gasteiger partial charge in [0.15, 0.2) is 11.6 Å². The van der Waals surface area contributed by atoms with Crippen molar-refractivity contribution < 1.29 is 23.5 Å². The van der Waals surface area contributed by atoms with Gasteiger partial charge in [0.25, 0.3) is 5.91 Å². The van der Waals surface area contributed by atoms with Crippen LogP contribution in [0, 0.1) is 17.1 Å². The number of nitrogens with one attached hydrogen (secondary N) is 2. The van der Waals surface area contributed by atoms with Crippen LogP contribution in [0.15, 0.2) is 71.3 Å². The number of hydrogen-bond donors (Lipinski definition) is 4. The van der Waals surface area contributed by atoms with Crippen molar-refractivity contribution in [1.29, 1.82) is 5.26 Å². The molecule has 0 bridgehead atoms. The van der Waals surface area contributed by atoms with Crippen molar-refractivity contribution >= 4 is 23.3 Å². The molecule has 1 unspecified atom stereocenters. The number of nitriles is 1. The molecule has 2 aromatic carbocycles. The molecule has 2 amide bonds. The number of rotatable bonds is 9. The van der Waals surface area contributed by atoms with Crippen LogP contribution in [0.4, 0.5) is 15.9 Å². The Morgan fingerprint density at radius 1 is 1.13 bits per heavy atom. The Bertz CT molecular complexity index is 1550. The number of anilines is 2. The maximum Gasteiger partial charge on any atom is 0.292 e.